The van der Waals surface area contributed by atoms with Crippen molar-refractivity contribution >= 4 is 11.8 Å². The van der Waals surface area contributed by atoms with Crippen LogP contribution in [0.15, 0.2) is 0 Å². The van der Waals surface area contributed by atoms with E-state index in [1.807, 2.05) is 0 Å². The number of hydrogen-bond donors (Lipinski definition) is 0. The topological polar surface area (TPSA) is 43.4 Å². The van der Waals surface area contributed by atoms with Crippen molar-refractivity contribution in [2.75, 3.05) is 0 Å². The number of Topliss-reactive ketones (excluding diaryl/α,β-unsaturated/α-hetero) is 1. The van der Waals surface area contributed by atoms with Crippen LogP contribution in [0.1, 0.15) is 90.9 Å². The lowest BCUT2D eigenvalue weighted by atomic mass is 9.93. The molecule has 1 saturated carbocycles. The molecule has 1 aliphatic carbocycles. The van der Waals surface area contributed by atoms with Gasteiger partial charge in [0.2, 0.25) is 0 Å². The lowest BCUT2D eigenvalue weighted by Gasteiger charge is -2.20. The van der Waals surface area contributed by atoms with Crippen LogP contribution in [0.25, 0.3) is 0 Å². The van der Waals surface area contributed by atoms with E-state index in [1.165, 1.54) is 45.4 Å². The fourth-order valence-corrected chi connectivity index (χ4v) is 3.24. The average Bonchev–Trinajstić information content (AvgIpc) is 2.39. The molecule has 122 valence electrons. The molecule has 3 nitrogen and oxygen atoms in total. The smallest absolute Gasteiger partial charge is 0.302 e. The van der Waals surface area contributed by atoms with Crippen molar-refractivity contribution in [1.29, 1.82) is 0 Å². The second-order valence-corrected chi connectivity index (χ2v) is 6.68. The molecule has 21 heavy (non-hydrogen) atoms. The number of ether oxygens (including phenoxy) is 1. The highest BCUT2D eigenvalue weighted by Crippen LogP contribution is 2.21. The molecule has 0 aromatic rings. The maximum Gasteiger partial charge on any atom is 0.302 e. The van der Waals surface area contributed by atoms with E-state index in [1.54, 1.807) is 0 Å². The average molecular weight is 296 g/mol. The van der Waals surface area contributed by atoms with Gasteiger partial charge in [0.25, 0.3) is 0 Å². The van der Waals surface area contributed by atoms with Gasteiger partial charge in [-0.3, -0.25) is 9.59 Å². The van der Waals surface area contributed by atoms with Gasteiger partial charge in [-0.05, 0) is 31.6 Å². The molecule has 0 aromatic heterocycles. The minimum absolute atomic E-state index is 0.00423. The Morgan fingerprint density at radius 1 is 1.00 bits per heavy atom. The lowest BCUT2D eigenvalue weighted by molar-refractivity contribution is -0.147. The number of esters is 1. The Kier molecular flexibility index (Phi) is 9.36. The molecule has 0 amide bonds. The molecule has 0 radical (unpaired) electrons. The summed E-state index contributed by atoms with van der Waals surface area (Å²) in [5.41, 5.74) is 0. The van der Waals surface area contributed by atoms with E-state index in [0.717, 1.165) is 32.1 Å². The summed E-state index contributed by atoms with van der Waals surface area (Å²) in [5, 5.41) is 0. The molecule has 0 bridgehead atoms. The third kappa shape index (κ3) is 9.65. The molecule has 1 fully saturated rings. The number of carbonyl (C=O) groups excluding carboxylic acids is 2. The third-order valence-electron chi connectivity index (χ3n) is 4.31. The van der Waals surface area contributed by atoms with Gasteiger partial charge in [-0.25, -0.2) is 0 Å². The van der Waals surface area contributed by atoms with E-state index in [-0.39, 0.29) is 12.1 Å². The largest absolute Gasteiger partial charge is 0.463 e. The van der Waals surface area contributed by atoms with Crippen LogP contribution in [0.5, 0.6) is 0 Å². The molecule has 0 aliphatic heterocycles. The highest BCUT2D eigenvalue weighted by atomic mass is 16.5. The third-order valence-corrected chi connectivity index (χ3v) is 4.31. The molecule has 0 N–H and O–H groups in total. The fraction of sp³-hybridized carbons (Fsp3) is 0.889. The summed E-state index contributed by atoms with van der Waals surface area (Å²) >= 11 is 0. The predicted molar refractivity (Wildman–Crippen MR) is 85.1 cm³/mol. The molecule has 1 unspecified atom stereocenters. The first-order valence-corrected chi connectivity index (χ1v) is 8.77. The summed E-state index contributed by atoms with van der Waals surface area (Å²) in [6.45, 7) is 3.58. The molecule has 0 heterocycles. The van der Waals surface area contributed by atoms with E-state index in [0.29, 0.717) is 18.1 Å². The second-order valence-electron chi connectivity index (χ2n) is 6.68. The zero-order chi connectivity index (χ0) is 15.5. The molecule has 0 aromatic carbocycles. The summed E-state index contributed by atoms with van der Waals surface area (Å²) in [7, 11) is 0. The number of carbonyl (C=O) groups is 2. The Hall–Kier alpha value is -0.860. The highest BCUT2D eigenvalue weighted by Gasteiger charge is 2.18. The number of rotatable bonds is 1. The zero-order valence-electron chi connectivity index (χ0n) is 13.9. The first-order valence-electron chi connectivity index (χ1n) is 8.77. The minimum Gasteiger partial charge on any atom is -0.463 e. The monoisotopic (exact) mass is 296 g/mol. The van der Waals surface area contributed by atoms with Crippen molar-refractivity contribution in [2.24, 2.45) is 5.92 Å². The van der Waals surface area contributed by atoms with Gasteiger partial charge in [0.05, 0.1) is 0 Å². The Balaban J connectivity index is 2.49. The molecule has 1 aliphatic rings. The van der Waals surface area contributed by atoms with E-state index in [2.05, 4.69) is 6.92 Å². The van der Waals surface area contributed by atoms with Gasteiger partial charge in [-0.2, -0.15) is 0 Å². The quantitative estimate of drug-likeness (QED) is 0.652. The standard InChI is InChI=1S/C18H32O3/c1-15-13-17(20)11-9-7-5-3-4-6-8-10-12-18(14-15)21-16(2)19/h15,18H,3-14H2,1-2H3/t15-,18?/m0/s1. The van der Waals surface area contributed by atoms with Crippen molar-refractivity contribution in [3.8, 4) is 0 Å². The van der Waals surface area contributed by atoms with Gasteiger partial charge in [-0.15, -0.1) is 0 Å². The van der Waals surface area contributed by atoms with Crippen LogP contribution < -0.4 is 0 Å². The highest BCUT2D eigenvalue weighted by molar-refractivity contribution is 5.78. The second kappa shape index (κ2) is 10.8. The van der Waals surface area contributed by atoms with Crippen LogP contribution >= 0.6 is 0 Å². The predicted octanol–water partition coefficient (Wildman–Crippen LogP) is 4.82. The normalized spacial score (nSPS) is 27.4. The molecule has 0 spiro atoms. The Morgan fingerprint density at radius 3 is 2.19 bits per heavy atom. The number of ketones is 1. The van der Waals surface area contributed by atoms with Crippen molar-refractivity contribution in [1.82, 2.24) is 0 Å². The first-order chi connectivity index (χ1) is 10.1. The van der Waals surface area contributed by atoms with E-state index in [9.17, 15) is 9.59 Å². The summed E-state index contributed by atoms with van der Waals surface area (Å²) < 4.78 is 5.43. The Morgan fingerprint density at radius 2 is 1.57 bits per heavy atom. The van der Waals surface area contributed by atoms with Crippen molar-refractivity contribution in [2.45, 2.75) is 97.0 Å². The molecular formula is C18H32O3. The number of hydrogen-bond acceptors (Lipinski definition) is 3. The SMILES string of the molecule is CC(=O)OC1CCCCCCCCCCC(=O)C[C@H](C)C1. The van der Waals surface area contributed by atoms with E-state index >= 15 is 0 Å². The Labute approximate surface area is 129 Å². The zero-order valence-corrected chi connectivity index (χ0v) is 13.9. The van der Waals surface area contributed by atoms with Gasteiger partial charge in [0.15, 0.2) is 0 Å². The van der Waals surface area contributed by atoms with E-state index in [4.69, 9.17) is 4.74 Å². The minimum atomic E-state index is -0.198. The van der Waals surface area contributed by atoms with Crippen LogP contribution in [0.2, 0.25) is 0 Å². The molecule has 3 heteroatoms. The van der Waals surface area contributed by atoms with Crippen LogP contribution in [-0.2, 0) is 14.3 Å². The van der Waals surface area contributed by atoms with Gasteiger partial charge in [0, 0.05) is 19.8 Å². The first kappa shape index (κ1) is 18.2. The van der Waals surface area contributed by atoms with Gasteiger partial charge < -0.3 is 4.74 Å². The summed E-state index contributed by atoms with van der Waals surface area (Å²) in [6, 6.07) is 0. The van der Waals surface area contributed by atoms with E-state index < -0.39 is 0 Å². The van der Waals surface area contributed by atoms with Crippen LogP contribution in [-0.4, -0.2) is 17.9 Å². The van der Waals surface area contributed by atoms with Crippen molar-refractivity contribution in [3.63, 3.8) is 0 Å². The van der Waals surface area contributed by atoms with Gasteiger partial charge in [0.1, 0.15) is 11.9 Å². The summed E-state index contributed by atoms with van der Waals surface area (Å²) in [6.07, 6.45) is 12.8. The maximum absolute atomic E-state index is 12.0. The molecule has 2 atom stereocenters. The maximum atomic E-state index is 12.0. The van der Waals surface area contributed by atoms with Crippen molar-refractivity contribution in [3.05, 3.63) is 0 Å². The molecular weight excluding hydrogens is 264 g/mol. The van der Waals surface area contributed by atoms with Gasteiger partial charge in [-0.1, -0.05) is 45.4 Å². The van der Waals surface area contributed by atoms with Crippen LogP contribution in [0.4, 0.5) is 0 Å². The summed E-state index contributed by atoms with van der Waals surface area (Å²) in [4.78, 5) is 23.2. The van der Waals surface area contributed by atoms with Crippen LogP contribution in [0, 0.1) is 5.92 Å². The molecule has 1 rings (SSSR count). The fourth-order valence-electron chi connectivity index (χ4n) is 3.24. The Bertz CT molecular complexity index is 312. The van der Waals surface area contributed by atoms with Crippen LogP contribution in [0.3, 0.4) is 0 Å². The summed E-state index contributed by atoms with van der Waals surface area (Å²) in [5.74, 6) is 0.488. The molecule has 0 saturated heterocycles. The lowest BCUT2D eigenvalue weighted by Crippen LogP contribution is -2.20. The van der Waals surface area contributed by atoms with Crippen molar-refractivity contribution < 1.29 is 14.3 Å². The van der Waals surface area contributed by atoms with Gasteiger partial charge >= 0.3 is 5.97 Å².